The number of rotatable bonds is 10. The summed E-state index contributed by atoms with van der Waals surface area (Å²) in [7, 11) is 0. The van der Waals surface area contributed by atoms with Gasteiger partial charge in [0.05, 0.1) is 11.4 Å². The van der Waals surface area contributed by atoms with Gasteiger partial charge in [0.25, 0.3) is 0 Å². The molecule has 0 aromatic heterocycles. The summed E-state index contributed by atoms with van der Waals surface area (Å²) in [4.78, 5) is 4.85. The van der Waals surface area contributed by atoms with Gasteiger partial charge in [-0.25, -0.2) is 0 Å². The molecule has 11 rings (SSSR count). The highest BCUT2D eigenvalue weighted by Gasteiger charge is 2.20. The summed E-state index contributed by atoms with van der Waals surface area (Å²) in [6.45, 7) is 0. The van der Waals surface area contributed by atoms with E-state index in [0.717, 1.165) is 35.6 Å². The van der Waals surface area contributed by atoms with Crippen LogP contribution >= 0.6 is 0 Å². The lowest BCUT2D eigenvalue weighted by molar-refractivity contribution is 0.919. The zero-order chi connectivity index (χ0) is 42.7. The SMILES string of the molecule is C1=CCCC(N(c2ccc(-c3ccc(N(c4ccc(-c5cccc(-c6ccccc6)c5)cc4)c4cccc5ccccc45)cc3)cc2)c2ccc(-c3ccccc3)c3ccccc23)=C1. The number of fused-ring (bicyclic) bond motifs is 2. The van der Waals surface area contributed by atoms with E-state index < -0.39 is 0 Å². The van der Waals surface area contributed by atoms with Gasteiger partial charge in [0.1, 0.15) is 0 Å². The first kappa shape index (κ1) is 38.7. The Morgan fingerprint density at radius 1 is 0.312 bits per heavy atom. The summed E-state index contributed by atoms with van der Waals surface area (Å²) < 4.78 is 0. The van der Waals surface area contributed by atoms with Gasteiger partial charge in [-0.1, -0.05) is 194 Å². The fourth-order valence-corrected chi connectivity index (χ4v) is 9.33. The highest BCUT2D eigenvalue weighted by molar-refractivity contribution is 6.05. The number of allylic oxidation sites excluding steroid dienone is 4. The van der Waals surface area contributed by atoms with E-state index in [4.69, 9.17) is 0 Å². The van der Waals surface area contributed by atoms with E-state index in [2.05, 4.69) is 265 Å². The minimum absolute atomic E-state index is 0.978. The Labute approximate surface area is 376 Å². The Kier molecular flexibility index (Phi) is 10.5. The van der Waals surface area contributed by atoms with Gasteiger partial charge in [0.2, 0.25) is 0 Å². The summed E-state index contributed by atoms with van der Waals surface area (Å²) >= 11 is 0. The average Bonchev–Trinajstić information content (AvgIpc) is 3.38. The highest BCUT2D eigenvalue weighted by Crippen LogP contribution is 2.43. The first-order valence-electron chi connectivity index (χ1n) is 22.2. The van der Waals surface area contributed by atoms with Crippen LogP contribution in [-0.2, 0) is 0 Å². The van der Waals surface area contributed by atoms with Crippen LogP contribution in [0, 0.1) is 0 Å². The number of anilines is 5. The van der Waals surface area contributed by atoms with Crippen molar-refractivity contribution in [2.45, 2.75) is 12.8 Å². The number of benzene rings is 10. The van der Waals surface area contributed by atoms with Crippen molar-refractivity contribution in [3.63, 3.8) is 0 Å². The van der Waals surface area contributed by atoms with Gasteiger partial charge < -0.3 is 9.80 Å². The second-order valence-electron chi connectivity index (χ2n) is 16.4. The molecule has 1 aliphatic carbocycles. The Balaban J connectivity index is 0.932. The van der Waals surface area contributed by atoms with Gasteiger partial charge in [-0.3, -0.25) is 0 Å². The van der Waals surface area contributed by atoms with Crippen LogP contribution in [0.2, 0.25) is 0 Å². The fraction of sp³-hybridized carbons (Fsp3) is 0.0323. The molecular formula is C62H46N2. The Morgan fingerprint density at radius 2 is 0.781 bits per heavy atom. The quantitative estimate of drug-likeness (QED) is 0.136. The van der Waals surface area contributed by atoms with Crippen LogP contribution in [0.3, 0.4) is 0 Å². The molecular weight excluding hydrogens is 773 g/mol. The molecule has 0 N–H and O–H groups in total. The maximum Gasteiger partial charge on any atom is 0.0540 e. The molecule has 0 heterocycles. The normalized spacial score (nSPS) is 12.3. The minimum atomic E-state index is 0.978. The molecule has 10 aromatic carbocycles. The third kappa shape index (κ3) is 7.57. The lowest BCUT2D eigenvalue weighted by Crippen LogP contribution is -2.17. The van der Waals surface area contributed by atoms with Crippen LogP contribution in [0.1, 0.15) is 12.8 Å². The van der Waals surface area contributed by atoms with Crippen molar-refractivity contribution >= 4 is 50.0 Å². The van der Waals surface area contributed by atoms with Gasteiger partial charge >= 0.3 is 0 Å². The second-order valence-corrected chi connectivity index (χ2v) is 16.4. The highest BCUT2D eigenvalue weighted by atomic mass is 15.2. The summed E-state index contributed by atoms with van der Waals surface area (Å²) in [5, 5.41) is 4.91. The predicted molar refractivity (Wildman–Crippen MR) is 273 cm³/mol. The van der Waals surface area contributed by atoms with E-state index >= 15 is 0 Å². The van der Waals surface area contributed by atoms with Crippen molar-refractivity contribution < 1.29 is 0 Å². The molecule has 2 heteroatoms. The Morgan fingerprint density at radius 3 is 1.41 bits per heavy atom. The Hall–Kier alpha value is -8.20. The predicted octanol–water partition coefficient (Wildman–Crippen LogP) is 17.5. The topological polar surface area (TPSA) is 6.48 Å². The van der Waals surface area contributed by atoms with E-state index in [9.17, 15) is 0 Å². The van der Waals surface area contributed by atoms with Gasteiger partial charge in [0.15, 0.2) is 0 Å². The van der Waals surface area contributed by atoms with Crippen molar-refractivity contribution in [2.75, 3.05) is 9.80 Å². The van der Waals surface area contributed by atoms with Gasteiger partial charge in [-0.2, -0.15) is 0 Å². The molecule has 304 valence electrons. The molecule has 0 amide bonds. The molecule has 0 atom stereocenters. The maximum absolute atomic E-state index is 2.46. The lowest BCUT2D eigenvalue weighted by Gasteiger charge is -2.30. The Bertz CT molecular complexity index is 3290. The molecule has 0 saturated heterocycles. The summed E-state index contributed by atoms with van der Waals surface area (Å²) in [6.07, 6.45) is 8.73. The van der Waals surface area contributed by atoms with E-state index in [1.54, 1.807) is 0 Å². The molecule has 2 nitrogen and oxygen atoms in total. The molecule has 0 radical (unpaired) electrons. The van der Waals surface area contributed by atoms with Crippen molar-refractivity contribution in [3.05, 3.63) is 261 Å². The molecule has 1 aliphatic rings. The zero-order valence-corrected chi connectivity index (χ0v) is 35.6. The van der Waals surface area contributed by atoms with Gasteiger partial charge in [-0.15, -0.1) is 0 Å². The van der Waals surface area contributed by atoms with Crippen molar-refractivity contribution in [3.8, 4) is 44.5 Å². The van der Waals surface area contributed by atoms with Crippen LogP contribution in [0.25, 0.3) is 66.1 Å². The molecule has 64 heavy (non-hydrogen) atoms. The van der Waals surface area contributed by atoms with Crippen molar-refractivity contribution in [2.24, 2.45) is 0 Å². The standard InChI is InChI=1S/C62H46N2/c1-4-16-45(17-5-1)51-22-14-23-52(44-51)48-34-40-56(41-35-48)64(61-29-15-21-50-20-10-11-26-58(50)61)55-38-32-47(33-39-55)46-30-36-54(37-31-46)63(53-24-8-3-9-25-53)62-43-42-57(49-18-6-2-7-19-49)59-27-12-13-28-60(59)62/h1-8,10-24,26-44H,9,25H2. The molecule has 0 aliphatic heterocycles. The van der Waals surface area contributed by atoms with Crippen LogP contribution in [0.5, 0.6) is 0 Å². The fourth-order valence-electron chi connectivity index (χ4n) is 9.33. The zero-order valence-electron chi connectivity index (χ0n) is 35.6. The second kappa shape index (κ2) is 17.3. The van der Waals surface area contributed by atoms with Crippen LogP contribution < -0.4 is 9.80 Å². The molecule has 0 saturated carbocycles. The third-order valence-corrected chi connectivity index (χ3v) is 12.5. The smallest absolute Gasteiger partial charge is 0.0540 e. The minimum Gasteiger partial charge on any atom is -0.314 e. The molecule has 10 aromatic rings. The maximum atomic E-state index is 2.46. The monoisotopic (exact) mass is 818 g/mol. The summed E-state index contributed by atoms with van der Waals surface area (Å²) in [6, 6.07) is 85.9. The van der Waals surface area contributed by atoms with E-state index in [1.165, 1.54) is 77.4 Å². The largest absolute Gasteiger partial charge is 0.314 e. The first-order valence-corrected chi connectivity index (χ1v) is 22.2. The molecule has 0 bridgehead atoms. The van der Waals surface area contributed by atoms with Crippen LogP contribution in [0.15, 0.2) is 261 Å². The molecule has 0 unspecified atom stereocenters. The summed E-state index contributed by atoms with van der Waals surface area (Å²) in [5.41, 5.74) is 16.6. The summed E-state index contributed by atoms with van der Waals surface area (Å²) in [5.74, 6) is 0. The van der Waals surface area contributed by atoms with Crippen LogP contribution in [0.4, 0.5) is 28.4 Å². The van der Waals surface area contributed by atoms with Gasteiger partial charge in [-0.05, 0) is 129 Å². The molecule has 0 spiro atoms. The van der Waals surface area contributed by atoms with Crippen molar-refractivity contribution in [1.29, 1.82) is 0 Å². The van der Waals surface area contributed by atoms with Crippen molar-refractivity contribution in [1.82, 2.24) is 0 Å². The van der Waals surface area contributed by atoms with Crippen LogP contribution in [-0.4, -0.2) is 0 Å². The number of hydrogen-bond donors (Lipinski definition) is 0. The van der Waals surface area contributed by atoms with E-state index in [1.807, 2.05) is 0 Å². The first-order chi connectivity index (χ1) is 31.7. The number of hydrogen-bond acceptors (Lipinski definition) is 2. The molecule has 0 fully saturated rings. The average molecular weight is 819 g/mol. The van der Waals surface area contributed by atoms with E-state index in [-0.39, 0.29) is 0 Å². The number of nitrogens with zero attached hydrogens (tertiary/aromatic N) is 2. The lowest BCUT2D eigenvalue weighted by atomic mass is 9.96. The van der Waals surface area contributed by atoms with Gasteiger partial charge in [0, 0.05) is 33.5 Å². The third-order valence-electron chi connectivity index (χ3n) is 12.5. The van der Waals surface area contributed by atoms with E-state index in [0.29, 0.717) is 0 Å².